The highest BCUT2D eigenvalue weighted by atomic mass is 35.5. The minimum atomic E-state index is -0.197. The summed E-state index contributed by atoms with van der Waals surface area (Å²) < 4.78 is 5.28. The number of aromatic amines is 1. The van der Waals surface area contributed by atoms with Crippen molar-refractivity contribution in [2.45, 2.75) is 6.92 Å². The molecule has 0 radical (unpaired) electrons. The molecule has 0 aliphatic rings. The molecule has 5 heteroatoms. The fourth-order valence-electron chi connectivity index (χ4n) is 2.40. The molecule has 3 rings (SSSR count). The maximum atomic E-state index is 12.5. The number of rotatable bonds is 3. The molecule has 4 nitrogen and oxygen atoms in total. The van der Waals surface area contributed by atoms with E-state index in [1.807, 2.05) is 31.2 Å². The zero-order chi connectivity index (χ0) is 15.7. The minimum absolute atomic E-state index is 0.197. The molecule has 0 aliphatic heterocycles. The molecule has 22 heavy (non-hydrogen) atoms. The Bertz CT molecular complexity index is 855. The van der Waals surface area contributed by atoms with Gasteiger partial charge < -0.3 is 15.0 Å². The van der Waals surface area contributed by atoms with Gasteiger partial charge >= 0.3 is 0 Å². The third kappa shape index (κ3) is 2.65. The van der Waals surface area contributed by atoms with Crippen molar-refractivity contribution < 1.29 is 9.53 Å². The van der Waals surface area contributed by atoms with Crippen LogP contribution in [0, 0.1) is 6.92 Å². The van der Waals surface area contributed by atoms with E-state index in [0.29, 0.717) is 22.0 Å². The molecule has 0 saturated heterocycles. The van der Waals surface area contributed by atoms with Crippen LogP contribution in [0.5, 0.6) is 5.75 Å². The van der Waals surface area contributed by atoms with Gasteiger partial charge in [-0.2, -0.15) is 0 Å². The Morgan fingerprint density at radius 3 is 2.82 bits per heavy atom. The van der Waals surface area contributed by atoms with E-state index in [2.05, 4.69) is 10.3 Å². The third-order valence-electron chi connectivity index (χ3n) is 3.49. The van der Waals surface area contributed by atoms with Crippen LogP contribution in [0.25, 0.3) is 10.9 Å². The van der Waals surface area contributed by atoms with E-state index in [1.54, 1.807) is 25.4 Å². The number of anilines is 1. The van der Waals surface area contributed by atoms with Gasteiger partial charge in [-0.1, -0.05) is 23.7 Å². The molecule has 0 atom stereocenters. The molecule has 0 spiro atoms. The van der Waals surface area contributed by atoms with Gasteiger partial charge in [-0.3, -0.25) is 4.79 Å². The number of carbonyl (C=O) groups is 1. The number of halogens is 1. The first-order valence-electron chi connectivity index (χ1n) is 6.81. The van der Waals surface area contributed by atoms with Crippen molar-refractivity contribution in [2.75, 3.05) is 12.4 Å². The Balaban J connectivity index is 1.95. The first-order chi connectivity index (χ1) is 10.6. The Morgan fingerprint density at radius 2 is 2.05 bits per heavy atom. The van der Waals surface area contributed by atoms with Gasteiger partial charge in [-0.05, 0) is 36.8 Å². The summed E-state index contributed by atoms with van der Waals surface area (Å²) in [6.45, 7) is 1.96. The maximum Gasteiger partial charge on any atom is 0.257 e. The number of H-pyrrole nitrogens is 1. The molecule has 1 heterocycles. The Labute approximate surface area is 133 Å². The summed E-state index contributed by atoms with van der Waals surface area (Å²) in [5.41, 5.74) is 3.08. The van der Waals surface area contributed by atoms with Crippen LogP contribution < -0.4 is 10.1 Å². The van der Waals surface area contributed by atoms with Crippen LogP contribution in [0.2, 0.25) is 5.02 Å². The van der Waals surface area contributed by atoms with E-state index < -0.39 is 0 Å². The summed E-state index contributed by atoms with van der Waals surface area (Å²) in [5.74, 6) is 0.430. The summed E-state index contributed by atoms with van der Waals surface area (Å²) in [6.07, 6.45) is 1.68. The van der Waals surface area contributed by atoms with Crippen LogP contribution in [0.15, 0.2) is 42.6 Å². The number of amides is 1. The lowest BCUT2D eigenvalue weighted by Gasteiger charge is -2.10. The second-order valence-corrected chi connectivity index (χ2v) is 5.49. The second-order valence-electron chi connectivity index (χ2n) is 5.05. The fourth-order valence-corrected chi connectivity index (χ4v) is 2.57. The number of methoxy groups -OCH3 is 1. The average molecular weight is 315 g/mol. The van der Waals surface area contributed by atoms with Gasteiger partial charge in [-0.25, -0.2) is 0 Å². The number of aromatic nitrogens is 1. The summed E-state index contributed by atoms with van der Waals surface area (Å²) in [4.78, 5) is 15.6. The quantitative estimate of drug-likeness (QED) is 0.753. The zero-order valence-electron chi connectivity index (χ0n) is 12.2. The van der Waals surface area contributed by atoms with Crippen molar-refractivity contribution in [2.24, 2.45) is 0 Å². The van der Waals surface area contributed by atoms with Crippen LogP contribution in [0.1, 0.15) is 15.9 Å². The van der Waals surface area contributed by atoms with Gasteiger partial charge in [0.15, 0.2) is 0 Å². The molecule has 1 amide bonds. The summed E-state index contributed by atoms with van der Waals surface area (Å²) >= 11 is 5.96. The molecule has 2 aromatic carbocycles. The first-order valence-corrected chi connectivity index (χ1v) is 7.19. The SMILES string of the molecule is COc1ccc(C)cc1NC(=O)c1c[nH]c2cc(Cl)ccc12. The van der Waals surface area contributed by atoms with Crippen LogP contribution in [0.3, 0.4) is 0 Å². The molecule has 2 N–H and O–H groups in total. The molecule has 3 aromatic rings. The van der Waals surface area contributed by atoms with Crippen LogP contribution in [-0.4, -0.2) is 18.0 Å². The van der Waals surface area contributed by atoms with E-state index >= 15 is 0 Å². The Hall–Kier alpha value is -2.46. The predicted molar refractivity (Wildman–Crippen MR) is 89.0 cm³/mol. The highest BCUT2D eigenvalue weighted by Gasteiger charge is 2.14. The predicted octanol–water partition coefficient (Wildman–Crippen LogP) is 4.39. The number of fused-ring (bicyclic) bond motifs is 1. The Morgan fingerprint density at radius 1 is 1.23 bits per heavy atom. The Kier molecular flexibility index (Phi) is 3.77. The lowest BCUT2D eigenvalue weighted by Crippen LogP contribution is -2.12. The van der Waals surface area contributed by atoms with Crippen LogP contribution in [-0.2, 0) is 0 Å². The highest BCUT2D eigenvalue weighted by molar-refractivity contribution is 6.31. The van der Waals surface area contributed by atoms with E-state index in [4.69, 9.17) is 16.3 Å². The molecule has 1 aromatic heterocycles. The third-order valence-corrected chi connectivity index (χ3v) is 3.73. The van der Waals surface area contributed by atoms with E-state index in [0.717, 1.165) is 16.5 Å². The van der Waals surface area contributed by atoms with Crippen molar-refractivity contribution in [3.05, 3.63) is 58.7 Å². The van der Waals surface area contributed by atoms with Crippen molar-refractivity contribution >= 4 is 34.1 Å². The minimum Gasteiger partial charge on any atom is -0.495 e. The number of nitrogens with one attached hydrogen (secondary N) is 2. The van der Waals surface area contributed by atoms with Gasteiger partial charge in [0, 0.05) is 22.1 Å². The fraction of sp³-hybridized carbons (Fsp3) is 0.118. The number of benzene rings is 2. The molecule has 112 valence electrons. The maximum absolute atomic E-state index is 12.5. The highest BCUT2D eigenvalue weighted by Crippen LogP contribution is 2.27. The number of hydrogen-bond acceptors (Lipinski definition) is 2. The number of carbonyl (C=O) groups excluding carboxylic acids is 1. The van der Waals surface area contributed by atoms with Gasteiger partial charge in [0.1, 0.15) is 5.75 Å². The summed E-state index contributed by atoms with van der Waals surface area (Å²) in [6, 6.07) is 11.0. The molecular weight excluding hydrogens is 300 g/mol. The molecule has 0 saturated carbocycles. The monoisotopic (exact) mass is 314 g/mol. The van der Waals surface area contributed by atoms with Gasteiger partial charge in [0.05, 0.1) is 18.4 Å². The normalized spacial score (nSPS) is 10.7. The van der Waals surface area contributed by atoms with Crippen molar-refractivity contribution in [3.63, 3.8) is 0 Å². The standard InChI is InChI=1S/C17H15ClN2O2/c1-10-3-6-16(22-2)15(7-10)20-17(21)13-9-19-14-8-11(18)4-5-12(13)14/h3-9,19H,1-2H3,(H,20,21). The largest absolute Gasteiger partial charge is 0.495 e. The molecule has 0 bridgehead atoms. The molecule has 0 aliphatic carbocycles. The van der Waals surface area contributed by atoms with Crippen molar-refractivity contribution in [3.8, 4) is 5.75 Å². The summed E-state index contributed by atoms with van der Waals surface area (Å²) in [7, 11) is 1.58. The lowest BCUT2D eigenvalue weighted by molar-refractivity contribution is 0.102. The molecule has 0 unspecified atom stereocenters. The van der Waals surface area contributed by atoms with Crippen LogP contribution >= 0.6 is 11.6 Å². The van der Waals surface area contributed by atoms with Crippen molar-refractivity contribution in [1.82, 2.24) is 4.98 Å². The van der Waals surface area contributed by atoms with Gasteiger partial charge in [-0.15, -0.1) is 0 Å². The number of hydrogen-bond donors (Lipinski definition) is 2. The summed E-state index contributed by atoms with van der Waals surface area (Å²) in [5, 5.41) is 4.35. The van der Waals surface area contributed by atoms with Crippen LogP contribution in [0.4, 0.5) is 5.69 Å². The second kappa shape index (κ2) is 5.73. The first kappa shape index (κ1) is 14.5. The number of aryl methyl sites for hydroxylation is 1. The lowest BCUT2D eigenvalue weighted by atomic mass is 10.1. The smallest absolute Gasteiger partial charge is 0.257 e. The topological polar surface area (TPSA) is 54.1 Å². The molecular formula is C17H15ClN2O2. The van der Waals surface area contributed by atoms with E-state index in [-0.39, 0.29) is 5.91 Å². The van der Waals surface area contributed by atoms with E-state index in [1.165, 1.54) is 0 Å². The molecule has 0 fully saturated rings. The zero-order valence-corrected chi connectivity index (χ0v) is 13.0. The van der Waals surface area contributed by atoms with Gasteiger partial charge in [0.25, 0.3) is 5.91 Å². The van der Waals surface area contributed by atoms with E-state index in [9.17, 15) is 4.79 Å². The number of ether oxygens (including phenoxy) is 1. The van der Waals surface area contributed by atoms with Gasteiger partial charge in [0.2, 0.25) is 0 Å². The van der Waals surface area contributed by atoms with Crippen molar-refractivity contribution in [1.29, 1.82) is 0 Å². The average Bonchev–Trinajstić information content (AvgIpc) is 2.90.